The fourth-order valence-electron chi connectivity index (χ4n) is 2.33. The minimum Gasteiger partial charge on any atom is -0.354 e. The normalized spacial score (nSPS) is 13.9. The molecular formula is C18H31N3O. The molecule has 0 fully saturated rings. The maximum Gasteiger partial charge on any atom is 0.237 e. The first kappa shape index (κ1) is 18.7. The molecular weight excluding hydrogens is 274 g/mol. The third-order valence-corrected chi connectivity index (χ3v) is 3.55. The molecule has 0 bridgehead atoms. The number of benzene rings is 1. The van der Waals surface area contributed by atoms with Gasteiger partial charge in [0.05, 0.1) is 6.04 Å². The van der Waals surface area contributed by atoms with Crippen LogP contribution in [0.5, 0.6) is 0 Å². The number of amides is 1. The fraction of sp³-hybridized carbons (Fsp3) is 0.611. The first-order chi connectivity index (χ1) is 10.5. The second kappa shape index (κ2) is 10.4. The molecule has 0 aromatic heterocycles. The van der Waals surface area contributed by atoms with Gasteiger partial charge in [0.1, 0.15) is 0 Å². The lowest BCUT2D eigenvalue weighted by molar-refractivity contribution is -0.123. The van der Waals surface area contributed by atoms with E-state index < -0.39 is 0 Å². The van der Waals surface area contributed by atoms with Gasteiger partial charge in [-0.15, -0.1) is 0 Å². The number of carbonyl (C=O) groups is 1. The molecule has 124 valence electrons. The molecule has 2 atom stereocenters. The van der Waals surface area contributed by atoms with E-state index in [1.54, 1.807) is 0 Å². The van der Waals surface area contributed by atoms with Crippen LogP contribution in [-0.2, 0) is 11.2 Å². The van der Waals surface area contributed by atoms with Gasteiger partial charge < -0.3 is 16.4 Å². The van der Waals surface area contributed by atoms with E-state index in [-0.39, 0.29) is 18.0 Å². The van der Waals surface area contributed by atoms with Crippen molar-refractivity contribution >= 4 is 5.91 Å². The molecule has 22 heavy (non-hydrogen) atoms. The molecule has 1 aromatic carbocycles. The Bertz CT molecular complexity index is 420. The Morgan fingerprint density at radius 2 is 1.86 bits per heavy atom. The third kappa shape index (κ3) is 7.57. The van der Waals surface area contributed by atoms with Crippen LogP contribution in [0.2, 0.25) is 0 Å². The van der Waals surface area contributed by atoms with Gasteiger partial charge in [-0.2, -0.15) is 0 Å². The fourth-order valence-corrected chi connectivity index (χ4v) is 2.33. The molecule has 0 saturated heterocycles. The molecule has 0 heterocycles. The zero-order valence-electron chi connectivity index (χ0n) is 14.1. The molecule has 0 aliphatic carbocycles. The van der Waals surface area contributed by atoms with Crippen molar-refractivity contribution in [2.24, 2.45) is 11.7 Å². The van der Waals surface area contributed by atoms with Crippen molar-refractivity contribution in [3.63, 3.8) is 0 Å². The van der Waals surface area contributed by atoms with Crippen LogP contribution in [0.15, 0.2) is 30.3 Å². The third-order valence-electron chi connectivity index (χ3n) is 3.55. The summed E-state index contributed by atoms with van der Waals surface area (Å²) < 4.78 is 0. The number of hydrogen-bond donors (Lipinski definition) is 3. The van der Waals surface area contributed by atoms with Crippen LogP contribution in [-0.4, -0.2) is 31.1 Å². The standard InChI is InChI=1S/C18H31N3O/c1-4-8-17(18(22)21-12-14(2)3)20-13-16(19)11-15-9-6-5-7-10-15/h5-7,9-10,14,16-17,20H,4,8,11-13,19H2,1-3H3,(H,21,22)/t16-,17?/m0/s1. The van der Waals surface area contributed by atoms with Crippen LogP contribution < -0.4 is 16.4 Å². The summed E-state index contributed by atoms with van der Waals surface area (Å²) in [6, 6.07) is 10.1. The van der Waals surface area contributed by atoms with Gasteiger partial charge in [-0.05, 0) is 24.3 Å². The van der Waals surface area contributed by atoms with Gasteiger partial charge in [-0.1, -0.05) is 57.5 Å². The minimum atomic E-state index is -0.148. The SMILES string of the molecule is CCCC(NC[C@@H](N)Cc1ccccc1)C(=O)NCC(C)C. The van der Waals surface area contributed by atoms with E-state index in [1.807, 2.05) is 18.2 Å². The molecule has 1 rings (SSSR count). The van der Waals surface area contributed by atoms with Crippen molar-refractivity contribution in [1.82, 2.24) is 10.6 Å². The predicted octanol–water partition coefficient (Wildman–Crippen LogP) is 2.09. The Kier molecular flexibility index (Phi) is 8.78. The molecule has 1 aromatic rings. The second-order valence-corrected chi connectivity index (χ2v) is 6.34. The van der Waals surface area contributed by atoms with Gasteiger partial charge in [-0.3, -0.25) is 4.79 Å². The summed E-state index contributed by atoms with van der Waals surface area (Å²) in [6.07, 6.45) is 2.63. The number of hydrogen-bond acceptors (Lipinski definition) is 3. The highest BCUT2D eigenvalue weighted by Gasteiger charge is 2.18. The summed E-state index contributed by atoms with van der Waals surface area (Å²) in [6.45, 7) is 7.65. The van der Waals surface area contributed by atoms with Crippen molar-refractivity contribution in [2.75, 3.05) is 13.1 Å². The average Bonchev–Trinajstić information content (AvgIpc) is 2.50. The van der Waals surface area contributed by atoms with Crippen LogP contribution in [0.25, 0.3) is 0 Å². The topological polar surface area (TPSA) is 67.1 Å². The maximum atomic E-state index is 12.2. The number of nitrogens with two attached hydrogens (primary N) is 1. The van der Waals surface area contributed by atoms with Crippen molar-refractivity contribution in [1.29, 1.82) is 0 Å². The van der Waals surface area contributed by atoms with E-state index >= 15 is 0 Å². The van der Waals surface area contributed by atoms with Gasteiger partial charge in [0, 0.05) is 19.1 Å². The van der Waals surface area contributed by atoms with E-state index in [2.05, 4.69) is 43.5 Å². The molecule has 0 aliphatic rings. The van der Waals surface area contributed by atoms with Crippen LogP contribution >= 0.6 is 0 Å². The van der Waals surface area contributed by atoms with E-state index in [1.165, 1.54) is 5.56 Å². The Morgan fingerprint density at radius 3 is 2.45 bits per heavy atom. The van der Waals surface area contributed by atoms with E-state index in [9.17, 15) is 4.79 Å². The second-order valence-electron chi connectivity index (χ2n) is 6.34. The quantitative estimate of drug-likeness (QED) is 0.620. The lowest BCUT2D eigenvalue weighted by Gasteiger charge is -2.21. The lowest BCUT2D eigenvalue weighted by atomic mass is 10.1. The van der Waals surface area contributed by atoms with Crippen molar-refractivity contribution in [2.45, 2.75) is 52.1 Å². The lowest BCUT2D eigenvalue weighted by Crippen LogP contribution is -2.49. The van der Waals surface area contributed by atoms with Gasteiger partial charge in [0.15, 0.2) is 0 Å². The molecule has 0 radical (unpaired) electrons. The zero-order chi connectivity index (χ0) is 16.4. The molecule has 0 saturated carbocycles. The summed E-state index contributed by atoms with van der Waals surface area (Å²) >= 11 is 0. The molecule has 4 N–H and O–H groups in total. The first-order valence-electron chi connectivity index (χ1n) is 8.33. The Labute approximate surface area is 134 Å². The molecule has 0 aliphatic heterocycles. The summed E-state index contributed by atoms with van der Waals surface area (Å²) in [4.78, 5) is 12.2. The van der Waals surface area contributed by atoms with Crippen molar-refractivity contribution < 1.29 is 4.79 Å². The molecule has 4 heteroatoms. The summed E-state index contributed by atoms with van der Waals surface area (Å²) in [5.41, 5.74) is 7.41. The van der Waals surface area contributed by atoms with Gasteiger partial charge in [-0.25, -0.2) is 0 Å². The maximum absolute atomic E-state index is 12.2. The number of carbonyl (C=O) groups excluding carboxylic acids is 1. The highest BCUT2D eigenvalue weighted by Crippen LogP contribution is 2.03. The molecule has 4 nitrogen and oxygen atoms in total. The molecule has 1 amide bonds. The number of rotatable bonds is 10. The van der Waals surface area contributed by atoms with Crippen LogP contribution in [0.3, 0.4) is 0 Å². The van der Waals surface area contributed by atoms with Crippen LogP contribution in [0, 0.1) is 5.92 Å². The largest absolute Gasteiger partial charge is 0.354 e. The summed E-state index contributed by atoms with van der Waals surface area (Å²) in [5.74, 6) is 0.550. The van der Waals surface area contributed by atoms with Crippen molar-refractivity contribution in [3.8, 4) is 0 Å². The Morgan fingerprint density at radius 1 is 1.18 bits per heavy atom. The molecule has 1 unspecified atom stereocenters. The van der Waals surface area contributed by atoms with Gasteiger partial charge in [0.25, 0.3) is 0 Å². The van der Waals surface area contributed by atoms with Crippen molar-refractivity contribution in [3.05, 3.63) is 35.9 Å². The van der Waals surface area contributed by atoms with E-state index in [0.717, 1.165) is 25.8 Å². The highest BCUT2D eigenvalue weighted by molar-refractivity contribution is 5.81. The first-order valence-corrected chi connectivity index (χ1v) is 8.33. The highest BCUT2D eigenvalue weighted by atomic mass is 16.2. The van der Waals surface area contributed by atoms with E-state index in [0.29, 0.717) is 12.5 Å². The van der Waals surface area contributed by atoms with Crippen LogP contribution in [0.1, 0.15) is 39.2 Å². The monoisotopic (exact) mass is 305 g/mol. The van der Waals surface area contributed by atoms with Gasteiger partial charge in [0.2, 0.25) is 5.91 Å². The summed E-state index contributed by atoms with van der Waals surface area (Å²) in [5, 5.41) is 6.33. The van der Waals surface area contributed by atoms with E-state index in [4.69, 9.17) is 5.73 Å². The van der Waals surface area contributed by atoms with Crippen LogP contribution in [0.4, 0.5) is 0 Å². The smallest absolute Gasteiger partial charge is 0.237 e. The van der Waals surface area contributed by atoms with Gasteiger partial charge >= 0.3 is 0 Å². The number of nitrogens with one attached hydrogen (secondary N) is 2. The minimum absolute atomic E-state index is 0.0136. The average molecular weight is 305 g/mol. The zero-order valence-corrected chi connectivity index (χ0v) is 14.1. The Balaban J connectivity index is 2.40. The Hall–Kier alpha value is -1.39. The predicted molar refractivity (Wildman–Crippen MR) is 92.7 cm³/mol. The molecule has 0 spiro atoms. The summed E-state index contributed by atoms with van der Waals surface area (Å²) in [7, 11) is 0.